The number of hydrogen-bond acceptors (Lipinski definition) is 5. The number of carbonyl (C=O) groups is 3. The van der Waals surface area contributed by atoms with Crippen LogP contribution in [0.4, 0.5) is 0 Å². The van der Waals surface area contributed by atoms with Crippen molar-refractivity contribution < 1.29 is 19.5 Å². The fourth-order valence-electron chi connectivity index (χ4n) is 4.20. The van der Waals surface area contributed by atoms with Crippen molar-refractivity contribution in [3.8, 4) is 0 Å². The molecule has 2 aliphatic heterocycles. The third kappa shape index (κ3) is 3.04. The summed E-state index contributed by atoms with van der Waals surface area (Å²) in [6.45, 7) is 1.69. The summed E-state index contributed by atoms with van der Waals surface area (Å²) in [6.07, 6.45) is 8.15. The lowest BCUT2D eigenvalue weighted by Gasteiger charge is -2.39. The average molecular weight is 358 g/mol. The van der Waals surface area contributed by atoms with E-state index in [-0.39, 0.29) is 28.8 Å². The number of carbonyl (C=O) groups excluding carboxylic acids is 2. The van der Waals surface area contributed by atoms with Crippen molar-refractivity contribution in [3.05, 3.63) is 24.3 Å². The van der Waals surface area contributed by atoms with E-state index in [9.17, 15) is 19.5 Å². The van der Waals surface area contributed by atoms with Crippen LogP contribution in [0, 0.1) is 11.3 Å². The van der Waals surface area contributed by atoms with E-state index in [1.807, 2.05) is 4.90 Å². The highest BCUT2D eigenvalue weighted by Gasteiger charge is 2.51. The smallest absolute Gasteiger partial charge is 0.326 e. The van der Waals surface area contributed by atoms with Crippen molar-refractivity contribution >= 4 is 17.8 Å². The molecule has 8 heteroatoms. The fourth-order valence-corrected chi connectivity index (χ4v) is 4.20. The second kappa shape index (κ2) is 6.34. The number of rotatable bonds is 3. The van der Waals surface area contributed by atoms with Crippen molar-refractivity contribution in [2.24, 2.45) is 11.3 Å². The second-order valence-corrected chi connectivity index (χ2v) is 7.68. The van der Waals surface area contributed by atoms with Gasteiger partial charge in [-0.15, -0.1) is 0 Å². The summed E-state index contributed by atoms with van der Waals surface area (Å²) >= 11 is 0. The van der Waals surface area contributed by atoms with Crippen LogP contribution in [-0.2, 0) is 9.59 Å². The SMILES string of the molecule is O=C(O)C1CC2(CCN(C(=O)C3CC3)CC2)CN1C(=O)c1cnccn1. The molecule has 1 atom stereocenters. The zero-order valence-electron chi connectivity index (χ0n) is 14.5. The van der Waals surface area contributed by atoms with Crippen molar-refractivity contribution in [2.75, 3.05) is 19.6 Å². The van der Waals surface area contributed by atoms with Gasteiger partial charge in [0.15, 0.2) is 0 Å². The lowest BCUT2D eigenvalue weighted by molar-refractivity contribution is -0.141. The molecule has 2 saturated heterocycles. The Labute approximate surface area is 151 Å². The minimum absolute atomic E-state index is 0.164. The van der Waals surface area contributed by atoms with Crippen LogP contribution >= 0.6 is 0 Å². The van der Waals surface area contributed by atoms with Gasteiger partial charge in [0, 0.05) is 37.9 Å². The maximum atomic E-state index is 12.8. The first-order chi connectivity index (χ1) is 12.5. The predicted molar refractivity (Wildman–Crippen MR) is 90.1 cm³/mol. The van der Waals surface area contributed by atoms with E-state index < -0.39 is 12.0 Å². The van der Waals surface area contributed by atoms with Gasteiger partial charge < -0.3 is 14.9 Å². The summed E-state index contributed by atoms with van der Waals surface area (Å²) in [4.78, 5) is 48.0. The Hall–Kier alpha value is -2.51. The highest BCUT2D eigenvalue weighted by Crippen LogP contribution is 2.44. The van der Waals surface area contributed by atoms with Crippen molar-refractivity contribution in [1.29, 1.82) is 0 Å². The summed E-state index contributed by atoms with van der Waals surface area (Å²) in [5, 5.41) is 9.62. The van der Waals surface area contributed by atoms with Crippen LogP contribution in [-0.4, -0.2) is 68.3 Å². The van der Waals surface area contributed by atoms with E-state index in [4.69, 9.17) is 0 Å². The number of carboxylic acid groups (broad SMARTS) is 1. The van der Waals surface area contributed by atoms with E-state index >= 15 is 0 Å². The zero-order chi connectivity index (χ0) is 18.3. The maximum Gasteiger partial charge on any atom is 0.326 e. The average Bonchev–Trinajstić information content (AvgIpc) is 3.44. The van der Waals surface area contributed by atoms with Gasteiger partial charge in [0.1, 0.15) is 11.7 Å². The van der Waals surface area contributed by atoms with E-state index in [0.29, 0.717) is 26.1 Å². The maximum absolute atomic E-state index is 12.8. The van der Waals surface area contributed by atoms with Crippen LogP contribution in [0.25, 0.3) is 0 Å². The molecule has 1 aromatic rings. The molecule has 3 aliphatic rings. The Balaban J connectivity index is 1.48. The molecule has 0 radical (unpaired) electrons. The summed E-state index contributed by atoms with van der Waals surface area (Å²) in [5.41, 5.74) is -0.0708. The van der Waals surface area contributed by atoms with Crippen LogP contribution in [0.15, 0.2) is 18.6 Å². The van der Waals surface area contributed by atoms with Gasteiger partial charge in [0.2, 0.25) is 5.91 Å². The van der Waals surface area contributed by atoms with Gasteiger partial charge in [0.25, 0.3) is 5.91 Å². The number of hydrogen-bond donors (Lipinski definition) is 1. The van der Waals surface area contributed by atoms with Gasteiger partial charge in [-0.1, -0.05) is 0 Å². The molecule has 138 valence electrons. The molecule has 8 nitrogen and oxygen atoms in total. The van der Waals surface area contributed by atoms with Crippen LogP contribution in [0.5, 0.6) is 0 Å². The molecule has 1 unspecified atom stereocenters. The van der Waals surface area contributed by atoms with Crippen LogP contribution in [0.3, 0.4) is 0 Å². The molecule has 3 fully saturated rings. The first-order valence-corrected chi connectivity index (χ1v) is 9.08. The van der Waals surface area contributed by atoms with Crippen LogP contribution in [0.1, 0.15) is 42.6 Å². The number of likely N-dealkylation sites (tertiary alicyclic amines) is 2. The fraction of sp³-hybridized carbons (Fsp3) is 0.611. The molecule has 26 heavy (non-hydrogen) atoms. The summed E-state index contributed by atoms with van der Waals surface area (Å²) in [7, 11) is 0. The number of aromatic nitrogens is 2. The first kappa shape index (κ1) is 16.9. The van der Waals surface area contributed by atoms with Crippen LogP contribution < -0.4 is 0 Å². The Kier molecular flexibility index (Phi) is 4.13. The van der Waals surface area contributed by atoms with E-state index in [1.165, 1.54) is 23.5 Å². The van der Waals surface area contributed by atoms with Crippen LogP contribution in [0.2, 0.25) is 0 Å². The number of amides is 2. The number of nitrogens with zero attached hydrogens (tertiary/aromatic N) is 4. The highest BCUT2D eigenvalue weighted by molar-refractivity contribution is 5.95. The lowest BCUT2D eigenvalue weighted by atomic mass is 9.76. The molecule has 1 aromatic heterocycles. The zero-order valence-corrected chi connectivity index (χ0v) is 14.5. The van der Waals surface area contributed by atoms with Gasteiger partial charge in [-0.05, 0) is 37.5 Å². The molecule has 3 heterocycles. The van der Waals surface area contributed by atoms with E-state index in [2.05, 4.69) is 9.97 Å². The molecule has 0 aromatic carbocycles. The molecule has 1 saturated carbocycles. The highest BCUT2D eigenvalue weighted by atomic mass is 16.4. The molecule has 4 rings (SSSR count). The summed E-state index contributed by atoms with van der Waals surface area (Å²) < 4.78 is 0. The summed E-state index contributed by atoms with van der Waals surface area (Å²) in [6, 6.07) is -0.852. The monoisotopic (exact) mass is 358 g/mol. The minimum atomic E-state index is -0.990. The summed E-state index contributed by atoms with van der Waals surface area (Å²) in [5.74, 6) is -0.941. The van der Waals surface area contributed by atoms with Gasteiger partial charge in [-0.2, -0.15) is 0 Å². The van der Waals surface area contributed by atoms with E-state index in [0.717, 1.165) is 25.7 Å². The standard InChI is InChI=1S/C18H22N4O4/c23-15(12-1-2-12)21-7-3-18(4-8-21)9-14(17(25)26)22(11-18)16(24)13-10-19-5-6-20-13/h5-6,10,12,14H,1-4,7-9,11H2,(H,25,26). The second-order valence-electron chi connectivity index (χ2n) is 7.68. The molecule has 1 spiro atoms. The molecular weight excluding hydrogens is 336 g/mol. The Morgan fingerprint density at radius 1 is 1.15 bits per heavy atom. The molecular formula is C18H22N4O4. The quantitative estimate of drug-likeness (QED) is 0.857. The normalized spacial score (nSPS) is 24.7. The Morgan fingerprint density at radius 2 is 1.88 bits per heavy atom. The lowest BCUT2D eigenvalue weighted by Crippen LogP contribution is -2.45. The molecule has 1 N–H and O–H groups in total. The van der Waals surface area contributed by atoms with Crippen molar-refractivity contribution in [2.45, 2.75) is 38.1 Å². The van der Waals surface area contributed by atoms with Gasteiger partial charge in [-0.25, -0.2) is 9.78 Å². The Morgan fingerprint density at radius 3 is 2.46 bits per heavy atom. The van der Waals surface area contributed by atoms with Gasteiger partial charge in [-0.3, -0.25) is 14.6 Å². The molecule has 0 bridgehead atoms. The van der Waals surface area contributed by atoms with Gasteiger partial charge in [0.05, 0.1) is 6.20 Å². The van der Waals surface area contributed by atoms with Crippen molar-refractivity contribution in [3.63, 3.8) is 0 Å². The number of carboxylic acids is 1. The predicted octanol–water partition coefficient (Wildman–Crippen LogP) is 0.794. The largest absolute Gasteiger partial charge is 0.480 e. The third-order valence-electron chi connectivity index (χ3n) is 5.90. The topological polar surface area (TPSA) is 104 Å². The van der Waals surface area contributed by atoms with Gasteiger partial charge >= 0.3 is 5.97 Å². The molecule has 2 amide bonds. The number of aliphatic carboxylic acids is 1. The number of piperidine rings is 1. The van der Waals surface area contributed by atoms with Crippen molar-refractivity contribution in [1.82, 2.24) is 19.8 Å². The Bertz CT molecular complexity index is 726. The molecule has 1 aliphatic carbocycles. The minimum Gasteiger partial charge on any atom is -0.480 e. The third-order valence-corrected chi connectivity index (χ3v) is 5.90. The van der Waals surface area contributed by atoms with E-state index in [1.54, 1.807) is 0 Å². The first-order valence-electron chi connectivity index (χ1n) is 9.08.